The molecule has 16 heavy (non-hydrogen) atoms. The summed E-state index contributed by atoms with van der Waals surface area (Å²) in [6.07, 6.45) is 1.84. The molecule has 84 valence electrons. The molecule has 2 aromatic rings. The fourth-order valence-electron chi connectivity index (χ4n) is 1.70. The third kappa shape index (κ3) is 1.74. The van der Waals surface area contributed by atoms with E-state index in [1.165, 1.54) is 0 Å². The van der Waals surface area contributed by atoms with Crippen LogP contribution in [0.1, 0.15) is 11.7 Å². The summed E-state index contributed by atoms with van der Waals surface area (Å²) >= 11 is 0. The van der Waals surface area contributed by atoms with Crippen LogP contribution in [0.5, 0.6) is 0 Å². The van der Waals surface area contributed by atoms with Crippen LogP contribution in [0.2, 0.25) is 0 Å². The first-order valence-electron chi connectivity index (χ1n) is 5.38. The maximum absolute atomic E-state index is 12.2. The summed E-state index contributed by atoms with van der Waals surface area (Å²) in [5.74, 6) is 0.103. The molecule has 2 rings (SSSR count). The molecule has 0 aliphatic rings. The summed E-state index contributed by atoms with van der Waals surface area (Å²) in [4.78, 5) is 14.1. The summed E-state index contributed by atoms with van der Waals surface area (Å²) in [5.41, 5.74) is 0.973. The summed E-state index contributed by atoms with van der Waals surface area (Å²) < 4.78 is 1.72. The SMILES string of the molecule is CC(C(=O)n1ccc2ccccc21)N(C)C. The van der Waals surface area contributed by atoms with E-state index in [0.717, 1.165) is 10.9 Å². The van der Waals surface area contributed by atoms with E-state index in [1.54, 1.807) is 4.57 Å². The molecule has 0 aliphatic heterocycles. The second-order valence-corrected chi connectivity index (χ2v) is 4.22. The predicted molar refractivity (Wildman–Crippen MR) is 65.7 cm³/mol. The maximum Gasteiger partial charge on any atom is 0.248 e. The summed E-state index contributed by atoms with van der Waals surface area (Å²) in [7, 11) is 3.82. The van der Waals surface area contributed by atoms with Crippen molar-refractivity contribution in [2.45, 2.75) is 13.0 Å². The van der Waals surface area contributed by atoms with E-state index in [2.05, 4.69) is 0 Å². The molecule has 0 fully saturated rings. The minimum atomic E-state index is -0.115. The van der Waals surface area contributed by atoms with Crippen molar-refractivity contribution in [3.8, 4) is 0 Å². The van der Waals surface area contributed by atoms with Gasteiger partial charge in [0.05, 0.1) is 11.6 Å². The molecule has 0 aliphatic carbocycles. The molecule has 1 atom stereocenters. The van der Waals surface area contributed by atoms with Gasteiger partial charge in [-0.15, -0.1) is 0 Å². The lowest BCUT2D eigenvalue weighted by atomic mass is 10.2. The van der Waals surface area contributed by atoms with Gasteiger partial charge in [-0.2, -0.15) is 0 Å². The molecule has 0 radical (unpaired) electrons. The molecular weight excluding hydrogens is 200 g/mol. The molecule has 0 bridgehead atoms. The average Bonchev–Trinajstić information content (AvgIpc) is 2.70. The van der Waals surface area contributed by atoms with E-state index in [0.29, 0.717) is 0 Å². The number of para-hydroxylation sites is 1. The quantitative estimate of drug-likeness (QED) is 0.769. The van der Waals surface area contributed by atoms with Gasteiger partial charge < -0.3 is 0 Å². The second kappa shape index (κ2) is 4.10. The van der Waals surface area contributed by atoms with Gasteiger partial charge in [-0.05, 0) is 33.2 Å². The van der Waals surface area contributed by atoms with Crippen LogP contribution in [0.25, 0.3) is 10.9 Å². The van der Waals surface area contributed by atoms with Crippen LogP contribution in [-0.4, -0.2) is 35.5 Å². The Kier molecular flexibility index (Phi) is 2.79. The van der Waals surface area contributed by atoms with Gasteiger partial charge in [0.15, 0.2) is 0 Å². The van der Waals surface area contributed by atoms with Gasteiger partial charge in [-0.3, -0.25) is 14.3 Å². The van der Waals surface area contributed by atoms with Crippen molar-refractivity contribution < 1.29 is 4.79 Å². The number of carbonyl (C=O) groups is 1. The molecule has 1 unspecified atom stereocenters. The van der Waals surface area contributed by atoms with Crippen LogP contribution in [0.4, 0.5) is 0 Å². The first-order chi connectivity index (χ1) is 7.61. The van der Waals surface area contributed by atoms with Gasteiger partial charge in [0, 0.05) is 11.6 Å². The summed E-state index contributed by atoms with van der Waals surface area (Å²) in [6, 6.07) is 9.76. The fourth-order valence-corrected chi connectivity index (χ4v) is 1.70. The Labute approximate surface area is 95.3 Å². The Morgan fingerprint density at radius 3 is 2.62 bits per heavy atom. The molecule has 0 saturated carbocycles. The van der Waals surface area contributed by atoms with Crippen molar-refractivity contribution in [2.75, 3.05) is 14.1 Å². The highest BCUT2D eigenvalue weighted by molar-refractivity contribution is 5.94. The maximum atomic E-state index is 12.2. The second-order valence-electron chi connectivity index (χ2n) is 4.22. The number of hydrogen-bond donors (Lipinski definition) is 0. The van der Waals surface area contributed by atoms with Crippen molar-refractivity contribution in [2.24, 2.45) is 0 Å². The first-order valence-corrected chi connectivity index (χ1v) is 5.38. The molecule has 0 N–H and O–H groups in total. The average molecular weight is 216 g/mol. The van der Waals surface area contributed by atoms with Gasteiger partial charge in [-0.25, -0.2) is 0 Å². The van der Waals surface area contributed by atoms with Crippen molar-refractivity contribution in [3.05, 3.63) is 36.5 Å². The highest BCUT2D eigenvalue weighted by Crippen LogP contribution is 2.15. The molecular formula is C13H16N2O. The molecule has 0 spiro atoms. The lowest BCUT2D eigenvalue weighted by Gasteiger charge is -2.18. The number of nitrogens with zero attached hydrogens (tertiary/aromatic N) is 2. The van der Waals surface area contributed by atoms with E-state index < -0.39 is 0 Å². The molecule has 3 heteroatoms. The highest BCUT2D eigenvalue weighted by atomic mass is 16.2. The van der Waals surface area contributed by atoms with Crippen molar-refractivity contribution in [1.29, 1.82) is 0 Å². The molecule has 0 saturated heterocycles. The molecule has 3 nitrogen and oxygen atoms in total. The normalized spacial score (nSPS) is 13.2. The monoisotopic (exact) mass is 216 g/mol. The zero-order valence-electron chi connectivity index (χ0n) is 9.84. The Morgan fingerprint density at radius 2 is 1.94 bits per heavy atom. The van der Waals surface area contributed by atoms with Gasteiger partial charge in [-0.1, -0.05) is 18.2 Å². The lowest BCUT2D eigenvalue weighted by Crippen LogP contribution is -2.36. The van der Waals surface area contributed by atoms with Gasteiger partial charge in [0.25, 0.3) is 0 Å². The van der Waals surface area contributed by atoms with Crippen LogP contribution in [0.3, 0.4) is 0 Å². The van der Waals surface area contributed by atoms with Crippen molar-refractivity contribution >= 4 is 16.8 Å². The standard InChI is InChI=1S/C13H16N2O/c1-10(14(2)3)13(16)15-9-8-11-6-4-5-7-12(11)15/h4-10H,1-3H3. The Morgan fingerprint density at radius 1 is 1.25 bits per heavy atom. The number of carbonyl (C=O) groups excluding carboxylic acids is 1. The molecule has 0 amide bonds. The minimum absolute atomic E-state index is 0.103. The smallest absolute Gasteiger partial charge is 0.248 e. The van der Waals surface area contributed by atoms with Crippen molar-refractivity contribution in [1.82, 2.24) is 9.47 Å². The molecule has 1 aromatic heterocycles. The topological polar surface area (TPSA) is 25.2 Å². The molecule has 1 aromatic carbocycles. The minimum Gasteiger partial charge on any atom is -0.298 e. The number of aromatic nitrogens is 1. The number of rotatable bonds is 2. The third-order valence-electron chi connectivity index (χ3n) is 2.97. The van der Waals surface area contributed by atoms with Crippen LogP contribution in [-0.2, 0) is 0 Å². The van der Waals surface area contributed by atoms with E-state index >= 15 is 0 Å². The fraction of sp³-hybridized carbons (Fsp3) is 0.308. The number of hydrogen-bond acceptors (Lipinski definition) is 2. The number of benzene rings is 1. The van der Waals surface area contributed by atoms with E-state index in [1.807, 2.05) is 62.4 Å². The van der Waals surface area contributed by atoms with Gasteiger partial charge in [0.1, 0.15) is 0 Å². The van der Waals surface area contributed by atoms with E-state index in [9.17, 15) is 4.79 Å². The third-order valence-corrected chi connectivity index (χ3v) is 2.97. The lowest BCUT2D eigenvalue weighted by molar-refractivity contribution is 0.0809. The number of likely N-dealkylation sites (N-methyl/N-ethyl adjacent to an activating group) is 1. The first kappa shape index (κ1) is 10.9. The van der Waals surface area contributed by atoms with Gasteiger partial charge >= 0.3 is 0 Å². The van der Waals surface area contributed by atoms with E-state index in [-0.39, 0.29) is 11.9 Å². The van der Waals surface area contributed by atoms with Crippen LogP contribution in [0, 0.1) is 0 Å². The Hall–Kier alpha value is -1.61. The zero-order valence-corrected chi connectivity index (χ0v) is 9.84. The predicted octanol–water partition coefficient (Wildman–Crippen LogP) is 2.23. The largest absolute Gasteiger partial charge is 0.298 e. The van der Waals surface area contributed by atoms with Crippen molar-refractivity contribution in [3.63, 3.8) is 0 Å². The summed E-state index contributed by atoms with van der Waals surface area (Å²) in [6.45, 7) is 1.91. The Bertz CT molecular complexity index is 513. The van der Waals surface area contributed by atoms with Crippen LogP contribution >= 0.6 is 0 Å². The Balaban J connectivity index is 2.44. The molecule has 1 heterocycles. The summed E-state index contributed by atoms with van der Waals surface area (Å²) in [5, 5.41) is 1.10. The highest BCUT2D eigenvalue weighted by Gasteiger charge is 2.17. The zero-order chi connectivity index (χ0) is 11.7. The van der Waals surface area contributed by atoms with Gasteiger partial charge in [0.2, 0.25) is 5.91 Å². The van der Waals surface area contributed by atoms with Crippen LogP contribution in [0.15, 0.2) is 36.5 Å². The number of fused-ring (bicyclic) bond motifs is 1. The van der Waals surface area contributed by atoms with E-state index in [4.69, 9.17) is 0 Å². The van der Waals surface area contributed by atoms with Crippen LogP contribution < -0.4 is 0 Å².